The number of benzene rings is 2. The van der Waals surface area contributed by atoms with E-state index in [2.05, 4.69) is 30.4 Å². The monoisotopic (exact) mass is 294 g/mol. The zero-order chi connectivity index (χ0) is 15.8. The number of hydrogen-bond acceptors (Lipinski definition) is 2. The molecule has 0 aliphatic rings. The third-order valence-electron chi connectivity index (χ3n) is 3.69. The molecule has 0 saturated carbocycles. The van der Waals surface area contributed by atoms with E-state index < -0.39 is 0 Å². The Labute approximate surface area is 132 Å². The maximum atomic E-state index is 11.6. The molecule has 0 spiro atoms. The predicted octanol–water partition coefficient (Wildman–Crippen LogP) is 4.78. The molecule has 0 bridgehead atoms. The van der Waals surface area contributed by atoms with Gasteiger partial charge in [-0.15, -0.1) is 0 Å². The second kappa shape index (κ2) is 8.18. The molecule has 2 rings (SSSR count). The summed E-state index contributed by atoms with van der Waals surface area (Å²) in [5.74, 6) is 1.13. The molecule has 2 heteroatoms. The average molecular weight is 294 g/mol. The number of ketones is 1. The van der Waals surface area contributed by atoms with Crippen LogP contribution >= 0.6 is 0 Å². The highest BCUT2D eigenvalue weighted by atomic mass is 16.5. The van der Waals surface area contributed by atoms with Gasteiger partial charge in [0.05, 0.1) is 7.11 Å². The lowest BCUT2D eigenvalue weighted by molar-refractivity contribution is -0.118. The van der Waals surface area contributed by atoms with E-state index in [4.69, 9.17) is 4.74 Å². The Morgan fingerprint density at radius 2 is 1.82 bits per heavy atom. The fourth-order valence-electron chi connectivity index (χ4n) is 2.37. The third-order valence-corrected chi connectivity index (χ3v) is 3.69. The molecule has 2 nitrogen and oxygen atoms in total. The molecule has 0 atom stereocenters. The molecule has 2 aromatic carbocycles. The molecular formula is C20H22O2. The van der Waals surface area contributed by atoms with E-state index in [1.165, 1.54) is 0 Å². The van der Waals surface area contributed by atoms with Gasteiger partial charge in [0.1, 0.15) is 11.5 Å². The molecule has 0 radical (unpaired) electrons. The lowest BCUT2D eigenvalue weighted by Crippen LogP contribution is -2.00. The van der Waals surface area contributed by atoms with E-state index >= 15 is 0 Å². The van der Waals surface area contributed by atoms with Crippen LogP contribution in [0.5, 0.6) is 5.75 Å². The van der Waals surface area contributed by atoms with Gasteiger partial charge in [0.2, 0.25) is 0 Å². The zero-order valence-electron chi connectivity index (χ0n) is 13.2. The van der Waals surface area contributed by atoms with Crippen LogP contribution in [0.1, 0.15) is 36.5 Å². The molecule has 0 saturated heterocycles. The minimum atomic E-state index is 0.292. The number of carbonyl (C=O) groups is 1. The summed E-state index contributed by atoms with van der Waals surface area (Å²) in [7, 11) is 1.68. The molecule has 0 aromatic heterocycles. The molecule has 0 unspecified atom stereocenters. The highest BCUT2D eigenvalue weighted by Crippen LogP contribution is 2.26. The first-order valence-electron chi connectivity index (χ1n) is 7.65. The van der Waals surface area contributed by atoms with Crippen molar-refractivity contribution >= 4 is 17.9 Å². The van der Waals surface area contributed by atoms with Crippen LogP contribution in [-0.4, -0.2) is 12.9 Å². The maximum absolute atomic E-state index is 11.6. The standard InChI is InChI=1S/C20H22O2/c1-3-18(21)14-13-17-10-7-11-20(22-2)19(17)15-12-16-8-5-4-6-9-16/h4-12,15H,3,13-14H2,1-2H3/b15-12+. The minimum absolute atomic E-state index is 0.292. The van der Waals surface area contributed by atoms with Gasteiger partial charge in [-0.05, 0) is 23.6 Å². The van der Waals surface area contributed by atoms with Gasteiger partial charge in [0.15, 0.2) is 0 Å². The fraction of sp³-hybridized carbons (Fsp3) is 0.250. The first-order chi connectivity index (χ1) is 10.7. The van der Waals surface area contributed by atoms with Gasteiger partial charge >= 0.3 is 0 Å². The second-order valence-corrected chi connectivity index (χ2v) is 5.17. The summed E-state index contributed by atoms with van der Waals surface area (Å²) in [6, 6.07) is 16.2. The van der Waals surface area contributed by atoms with Gasteiger partial charge < -0.3 is 4.74 Å². The van der Waals surface area contributed by atoms with Crippen LogP contribution in [0.2, 0.25) is 0 Å². The van der Waals surface area contributed by atoms with Crippen LogP contribution in [0, 0.1) is 0 Å². The van der Waals surface area contributed by atoms with E-state index in [1.54, 1.807) is 7.11 Å². The summed E-state index contributed by atoms with van der Waals surface area (Å²) >= 11 is 0. The number of hydrogen-bond donors (Lipinski definition) is 0. The van der Waals surface area contributed by atoms with Crippen LogP contribution in [-0.2, 0) is 11.2 Å². The van der Waals surface area contributed by atoms with Crippen molar-refractivity contribution in [3.05, 3.63) is 65.2 Å². The topological polar surface area (TPSA) is 26.3 Å². The smallest absolute Gasteiger partial charge is 0.132 e. The van der Waals surface area contributed by atoms with Crippen LogP contribution in [0.25, 0.3) is 12.2 Å². The molecule has 0 N–H and O–H groups in total. The van der Waals surface area contributed by atoms with Crippen LogP contribution in [0.4, 0.5) is 0 Å². The summed E-state index contributed by atoms with van der Waals surface area (Å²) in [6.07, 6.45) is 6.07. The van der Waals surface area contributed by atoms with Crippen molar-refractivity contribution in [1.82, 2.24) is 0 Å². The predicted molar refractivity (Wildman–Crippen MR) is 92.0 cm³/mol. The Bertz CT molecular complexity index is 642. The normalized spacial score (nSPS) is 10.8. The largest absolute Gasteiger partial charge is 0.496 e. The number of aryl methyl sites for hydroxylation is 1. The van der Waals surface area contributed by atoms with Gasteiger partial charge in [0.25, 0.3) is 0 Å². The van der Waals surface area contributed by atoms with Crippen molar-refractivity contribution < 1.29 is 9.53 Å². The minimum Gasteiger partial charge on any atom is -0.496 e. The number of carbonyl (C=O) groups excluding carboxylic acids is 1. The van der Waals surface area contributed by atoms with E-state index in [-0.39, 0.29) is 0 Å². The molecule has 0 aliphatic carbocycles. The van der Waals surface area contributed by atoms with Crippen molar-refractivity contribution in [2.24, 2.45) is 0 Å². The molecule has 2 aromatic rings. The molecule has 0 fully saturated rings. The number of Topliss-reactive ketones (excluding diaryl/α,β-unsaturated/α-hetero) is 1. The summed E-state index contributed by atoms with van der Waals surface area (Å²) in [5.41, 5.74) is 3.34. The summed E-state index contributed by atoms with van der Waals surface area (Å²) in [4.78, 5) is 11.6. The van der Waals surface area contributed by atoms with Gasteiger partial charge in [-0.2, -0.15) is 0 Å². The van der Waals surface area contributed by atoms with Crippen LogP contribution in [0.3, 0.4) is 0 Å². The lowest BCUT2D eigenvalue weighted by Gasteiger charge is -2.10. The number of ether oxygens (including phenoxy) is 1. The highest BCUT2D eigenvalue weighted by Gasteiger charge is 2.08. The molecular weight excluding hydrogens is 272 g/mol. The lowest BCUT2D eigenvalue weighted by atomic mass is 9.99. The Morgan fingerprint density at radius 1 is 1.05 bits per heavy atom. The maximum Gasteiger partial charge on any atom is 0.132 e. The molecule has 22 heavy (non-hydrogen) atoms. The van der Waals surface area contributed by atoms with Crippen LogP contribution < -0.4 is 4.74 Å². The van der Waals surface area contributed by atoms with Gasteiger partial charge in [-0.25, -0.2) is 0 Å². The first-order valence-corrected chi connectivity index (χ1v) is 7.65. The van der Waals surface area contributed by atoms with Crippen LogP contribution in [0.15, 0.2) is 48.5 Å². The van der Waals surface area contributed by atoms with Crippen molar-refractivity contribution in [2.75, 3.05) is 7.11 Å². The fourth-order valence-corrected chi connectivity index (χ4v) is 2.37. The third kappa shape index (κ3) is 4.32. The second-order valence-electron chi connectivity index (χ2n) is 5.17. The summed E-state index contributed by atoms with van der Waals surface area (Å²) < 4.78 is 5.47. The van der Waals surface area contributed by atoms with Crippen molar-refractivity contribution in [2.45, 2.75) is 26.2 Å². The Morgan fingerprint density at radius 3 is 2.50 bits per heavy atom. The van der Waals surface area contributed by atoms with Gasteiger partial charge in [-0.1, -0.05) is 61.5 Å². The summed E-state index contributed by atoms with van der Waals surface area (Å²) in [6.45, 7) is 1.91. The molecule has 114 valence electrons. The molecule has 0 aliphatic heterocycles. The number of rotatable bonds is 7. The number of methoxy groups -OCH3 is 1. The van der Waals surface area contributed by atoms with E-state index in [1.807, 2.05) is 37.3 Å². The van der Waals surface area contributed by atoms with E-state index in [0.29, 0.717) is 18.6 Å². The van der Waals surface area contributed by atoms with Gasteiger partial charge in [-0.3, -0.25) is 4.79 Å². The zero-order valence-corrected chi connectivity index (χ0v) is 13.2. The Balaban J connectivity index is 2.27. The highest BCUT2D eigenvalue weighted by molar-refractivity contribution is 5.79. The first kappa shape index (κ1) is 16.0. The molecule has 0 amide bonds. The Kier molecular flexibility index (Phi) is 5.96. The molecule has 0 heterocycles. The van der Waals surface area contributed by atoms with E-state index in [0.717, 1.165) is 28.9 Å². The SMILES string of the molecule is CCC(=O)CCc1cccc(OC)c1/C=C/c1ccccc1. The average Bonchev–Trinajstić information content (AvgIpc) is 2.58. The Hall–Kier alpha value is -2.35. The van der Waals surface area contributed by atoms with Crippen molar-refractivity contribution in [3.63, 3.8) is 0 Å². The quantitative estimate of drug-likeness (QED) is 0.687. The summed E-state index contributed by atoms with van der Waals surface area (Å²) in [5, 5.41) is 0. The van der Waals surface area contributed by atoms with Crippen molar-refractivity contribution in [1.29, 1.82) is 0 Å². The van der Waals surface area contributed by atoms with E-state index in [9.17, 15) is 4.79 Å². The van der Waals surface area contributed by atoms with Gasteiger partial charge in [0, 0.05) is 18.4 Å². The van der Waals surface area contributed by atoms with Crippen molar-refractivity contribution in [3.8, 4) is 5.75 Å².